The van der Waals surface area contributed by atoms with E-state index in [1.807, 2.05) is 13.8 Å². The summed E-state index contributed by atoms with van der Waals surface area (Å²) < 4.78 is 28.0. The molecule has 0 bridgehead atoms. The number of carbonyl (C=O) groups is 1. The predicted molar refractivity (Wildman–Crippen MR) is 63.5 cm³/mol. The Bertz CT molecular complexity index is 375. The average Bonchev–Trinajstić information content (AvgIpc) is 3.01. The van der Waals surface area contributed by atoms with Crippen LogP contribution in [0.25, 0.3) is 0 Å². The monoisotopic (exact) mass is 272 g/mol. The summed E-state index contributed by atoms with van der Waals surface area (Å²) >= 11 is 0. The lowest BCUT2D eigenvalue weighted by molar-refractivity contribution is -0.164. The van der Waals surface area contributed by atoms with E-state index < -0.39 is 5.79 Å². The highest BCUT2D eigenvalue weighted by molar-refractivity contribution is 5.70. The minimum Gasteiger partial charge on any atom is -0.466 e. The molecule has 0 radical (unpaired) electrons. The second-order valence-corrected chi connectivity index (χ2v) is 5.73. The predicted octanol–water partition coefficient (Wildman–Crippen LogP) is 0.627. The van der Waals surface area contributed by atoms with Crippen molar-refractivity contribution in [2.45, 2.75) is 56.9 Å². The van der Waals surface area contributed by atoms with Crippen molar-refractivity contribution in [2.75, 3.05) is 19.8 Å². The van der Waals surface area contributed by atoms with Crippen LogP contribution in [-0.2, 0) is 28.5 Å². The zero-order valence-corrected chi connectivity index (χ0v) is 11.5. The van der Waals surface area contributed by atoms with Crippen LogP contribution in [0.15, 0.2) is 0 Å². The first-order valence-electron chi connectivity index (χ1n) is 6.73. The van der Waals surface area contributed by atoms with Gasteiger partial charge in [-0.3, -0.25) is 4.79 Å². The van der Waals surface area contributed by atoms with Gasteiger partial charge in [-0.05, 0) is 20.8 Å². The lowest BCUT2D eigenvalue weighted by atomic mass is 9.91. The van der Waals surface area contributed by atoms with Crippen LogP contribution in [0, 0.1) is 0 Å². The molecule has 6 heteroatoms. The summed E-state index contributed by atoms with van der Waals surface area (Å²) in [5.74, 6) is -0.943. The number of epoxide rings is 1. The highest BCUT2D eigenvalue weighted by Gasteiger charge is 2.65. The summed E-state index contributed by atoms with van der Waals surface area (Å²) in [5.41, 5.74) is -0.371. The van der Waals surface area contributed by atoms with E-state index in [4.69, 9.17) is 23.7 Å². The van der Waals surface area contributed by atoms with Crippen LogP contribution in [0.2, 0.25) is 0 Å². The maximum Gasteiger partial charge on any atom is 0.308 e. The molecule has 0 amide bonds. The Labute approximate surface area is 112 Å². The molecule has 108 valence electrons. The maximum absolute atomic E-state index is 11.6. The quantitative estimate of drug-likeness (QED) is 0.554. The fourth-order valence-electron chi connectivity index (χ4n) is 2.79. The molecule has 0 aromatic rings. The highest BCUT2D eigenvalue weighted by atomic mass is 16.8. The van der Waals surface area contributed by atoms with Gasteiger partial charge in [0.15, 0.2) is 5.79 Å². The summed E-state index contributed by atoms with van der Waals surface area (Å²) in [4.78, 5) is 11.6. The SMILES string of the molecule is CCOC(=O)CC1OCC2(CO2)C2OC(C)(C)OC12. The zero-order valence-electron chi connectivity index (χ0n) is 11.5. The van der Waals surface area contributed by atoms with Crippen molar-refractivity contribution in [3.8, 4) is 0 Å². The van der Waals surface area contributed by atoms with Crippen molar-refractivity contribution in [2.24, 2.45) is 0 Å². The molecule has 0 aliphatic carbocycles. The Morgan fingerprint density at radius 1 is 1.32 bits per heavy atom. The molecule has 3 aliphatic rings. The van der Waals surface area contributed by atoms with Crippen molar-refractivity contribution >= 4 is 5.97 Å². The zero-order chi connectivity index (χ0) is 13.7. The molecule has 0 N–H and O–H groups in total. The number of hydrogen-bond donors (Lipinski definition) is 0. The molecule has 4 unspecified atom stereocenters. The van der Waals surface area contributed by atoms with E-state index in [2.05, 4.69) is 0 Å². The second-order valence-electron chi connectivity index (χ2n) is 5.73. The Kier molecular flexibility index (Phi) is 3.09. The number of ether oxygens (including phenoxy) is 5. The Morgan fingerprint density at radius 3 is 2.68 bits per heavy atom. The van der Waals surface area contributed by atoms with Crippen LogP contribution in [0.4, 0.5) is 0 Å². The van der Waals surface area contributed by atoms with Crippen molar-refractivity contribution < 1.29 is 28.5 Å². The molecular formula is C13H20O6. The fraction of sp³-hybridized carbons (Fsp3) is 0.923. The smallest absolute Gasteiger partial charge is 0.308 e. The van der Waals surface area contributed by atoms with Crippen LogP contribution >= 0.6 is 0 Å². The molecule has 0 aromatic carbocycles. The number of carbonyl (C=O) groups excluding carboxylic acids is 1. The van der Waals surface area contributed by atoms with Gasteiger partial charge in [0.05, 0.1) is 32.3 Å². The molecule has 3 saturated heterocycles. The third-order valence-corrected chi connectivity index (χ3v) is 3.74. The van der Waals surface area contributed by atoms with Crippen molar-refractivity contribution in [3.05, 3.63) is 0 Å². The molecule has 0 aromatic heterocycles. The van der Waals surface area contributed by atoms with Crippen LogP contribution < -0.4 is 0 Å². The van der Waals surface area contributed by atoms with Crippen LogP contribution in [0.1, 0.15) is 27.2 Å². The molecule has 3 heterocycles. The van der Waals surface area contributed by atoms with Crippen LogP contribution in [-0.4, -0.2) is 55.5 Å². The van der Waals surface area contributed by atoms with E-state index in [1.165, 1.54) is 0 Å². The normalized spacial score (nSPS) is 43.0. The summed E-state index contributed by atoms with van der Waals surface area (Å²) in [6.45, 7) is 6.95. The molecular weight excluding hydrogens is 252 g/mol. The molecule has 3 aliphatic heterocycles. The summed E-state index contributed by atoms with van der Waals surface area (Å²) in [7, 11) is 0. The number of fused-ring (bicyclic) bond motifs is 2. The topological polar surface area (TPSA) is 66.5 Å². The van der Waals surface area contributed by atoms with Gasteiger partial charge in [-0.25, -0.2) is 0 Å². The Balaban J connectivity index is 1.71. The summed E-state index contributed by atoms with van der Waals surface area (Å²) in [5, 5.41) is 0. The first kappa shape index (κ1) is 13.3. The van der Waals surface area contributed by atoms with Crippen molar-refractivity contribution in [1.29, 1.82) is 0 Å². The maximum atomic E-state index is 11.6. The third kappa shape index (κ3) is 2.38. The van der Waals surface area contributed by atoms with Gasteiger partial charge in [0.1, 0.15) is 17.8 Å². The Hall–Kier alpha value is -0.690. The number of rotatable bonds is 3. The standard InChI is InChI=1S/C13H20O6/c1-4-15-9(14)5-8-10-11(19-12(2,3)18-10)13(6-16-8)7-17-13/h8,10-11H,4-7H2,1-3H3. The van der Waals surface area contributed by atoms with Gasteiger partial charge in [0.25, 0.3) is 0 Å². The minimum atomic E-state index is -0.672. The second kappa shape index (κ2) is 4.41. The average molecular weight is 272 g/mol. The van der Waals surface area contributed by atoms with Gasteiger partial charge in [-0.2, -0.15) is 0 Å². The van der Waals surface area contributed by atoms with Crippen molar-refractivity contribution in [1.82, 2.24) is 0 Å². The molecule has 0 saturated carbocycles. The van der Waals surface area contributed by atoms with Gasteiger partial charge >= 0.3 is 5.97 Å². The first-order chi connectivity index (χ1) is 8.96. The fourth-order valence-corrected chi connectivity index (χ4v) is 2.79. The van der Waals surface area contributed by atoms with E-state index >= 15 is 0 Å². The van der Waals surface area contributed by atoms with Crippen molar-refractivity contribution in [3.63, 3.8) is 0 Å². The van der Waals surface area contributed by atoms with Crippen LogP contribution in [0.5, 0.6) is 0 Å². The lowest BCUT2D eigenvalue weighted by Crippen LogP contribution is -2.54. The van der Waals surface area contributed by atoms with E-state index in [9.17, 15) is 4.79 Å². The molecule has 19 heavy (non-hydrogen) atoms. The van der Waals surface area contributed by atoms with E-state index in [0.29, 0.717) is 19.8 Å². The molecule has 3 fully saturated rings. The summed E-state index contributed by atoms with van der Waals surface area (Å²) in [6, 6.07) is 0. The molecule has 6 nitrogen and oxygen atoms in total. The largest absolute Gasteiger partial charge is 0.466 e. The summed E-state index contributed by atoms with van der Waals surface area (Å²) in [6.07, 6.45) is -0.600. The number of esters is 1. The molecule has 3 rings (SSSR count). The van der Waals surface area contributed by atoms with Gasteiger partial charge in [-0.15, -0.1) is 0 Å². The van der Waals surface area contributed by atoms with E-state index in [1.54, 1.807) is 6.92 Å². The minimum absolute atomic E-state index is 0.171. The van der Waals surface area contributed by atoms with E-state index in [0.717, 1.165) is 0 Å². The van der Waals surface area contributed by atoms with E-state index in [-0.39, 0.29) is 36.3 Å². The lowest BCUT2D eigenvalue weighted by Gasteiger charge is -2.35. The van der Waals surface area contributed by atoms with Crippen LogP contribution in [0.3, 0.4) is 0 Å². The van der Waals surface area contributed by atoms with Gasteiger partial charge < -0.3 is 23.7 Å². The van der Waals surface area contributed by atoms with Gasteiger partial charge in [0.2, 0.25) is 0 Å². The first-order valence-corrected chi connectivity index (χ1v) is 6.73. The highest BCUT2D eigenvalue weighted by Crippen LogP contribution is 2.47. The molecule has 1 spiro atoms. The number of hydrogen-bond acceptors (Lipinski definition) is 6. The van der Waals surface area contributed by atoms with Gasteiger partial charge in [0, 0.05) is 0 Å². The Morgan fingerprint density at radius 2 is 2.05 bits per heavy atom. The van der Waals surface area contributed by atoms with Gasteiger partial charge in [-0.1, -0.05) is 0 Å². The molecule has 4 atom stereocenters. The third-order valence-electron chi connectivity index (χ3n) is 3.74.